The van der Waals surface area contributed by atoms with Crippen molar-refractivity contribution in [2.24, 2.45) is 0 Å². The minimum absolute atomic E-state index is 0.0493. The van der Waals surface area contributed by atoms with Crippen LogP contribution in [0.15, 0.2) is 182 Å². The van der Waals surface area contributed by atoms with Gasteiger partial charge in [-0.1, -0.05) is 287 Å². The Morgan fingerprint density at radius 3 is 0.792 bits per heavy atom. The third-order valence-electron chi connectivity index (χ3n) is 15.9. The van der Waals surface area contributed by atoms with Crippen molar-refractivity contribution in [2.45, 2.75) is 303 Å². The molecule has 0 heterocycles. The molecule has 0 aliphatic heterocycles. The lowest BCUT2D eigenvalue weighted by molar-refractivity contribution is -0.161. The molecule has 17 nitrogen and oxygen atoms in total. The van der Waals surface area contributed by atoms with Crippen molar-refractivity contribution in [3.8, 4) is 0 Å². The van der Waals surface area contributed by atoms with E-state index in [1.54, 1.807) is 6.08 Å². The monoisotopic (exact) mass is 1520 g/mol. The highest BCUT2D eigenvalue weighted by Gasteiger charge is 2.30. The number of esters is 4. The summed E-state index contributed by atoms with van der Waals surface area (Å²) in [6, 6.07) is 0. The molecule has 5 unspecified atom stereocenters. The third kappa shape index (κ3) is 76.4. The van der Waals surface area contributed by atoms with E-state index < -0.39 is 97.5 Å². The highest BCUT2D eigenvalue weighted by atomic mass is 31.2. The zero-order chi connectivity index (χ0) is 77.4. The molecule has 0 aliphatic carbocycles. The van der Waals surface area contributed by atoms with E-state index in [-0.39, 0.29) is 25.7 Å². The number of hydrogen-bond donors (Lipinski definition) is 3. The average molecular weight is 1520 g/mol. The van der Waals surface area contributed by atoms with Crippen LogP contribution in [0.25, 0.3) is 0 Å². The number of ether oxygens (including phenoxy) is 4. The van der Waals surface area contributed by atoms with Gasteiger partial charge in [-0.25, -0.2) is 9.13 Å². The number of allylic oxidation sites excluding steroid dienone is 29. The first-order valence-corrected chi connectivity index (χ1v) is 43.0. The van der Waals surface area contributed by atoms with Gasteiger partial charge in [-0.15, -0.1) is 0 Å². The molecule has 0 aromatic carbocycles. The summed E-state index contributed by atoms with van der Waals surface area (Å²) in [6.07, 6.45) is 93.2. The molecule has 0 bridgehead atoms. The van der Waals surface area contributed by atoms with Crippen molar-refractivity contribution in [1.29, 1.82) is 0 Å². The van der Waals surface area contributed by atoms with Crippen molar-refractivity contribution in [1.82, 2.24) is 0 Å². The van der Waals surface area contributed by atoms with Crippen LogP contribution in [0.5, 0.6) is 0 Å². The maximum atomic E-state index is 13.1. The van der Waals surface area contributed by atoms with Gasteiger partial charge in [0.1, 0.15) is 19.3 Å². The topological polar surface area (TPSA) is 237 Å². The van der Waals surface area contributed by atoms with Crippen LogP contribution >= 0.6 is 15.6 Å². The lowest BCUT2D eigenvalue weighted by Crippen LogP contribution is -2.30. The molecule has 0 saturated carbocycles. The number of phosphoric ester groups is 2. The van der Waals surface area contributed by atoms with Gasteiger partial charge in [-0.05, 0) is 154 Å². The summed E-state index contributed by atoms with van der Waals surface area (Å²) in [5.74, 6) is -2.38. The lowest BCUT2D eigenvalue weighted by atomic mass is 10.1. The van der Waals surface area contributed by atoms with Crippen molar-refractivity contribution in [3.63, 3.8) is 0 Å². The molecule has 0 saturated heterocycles. The fraction of sp³-hybridized carbons (Fsp3) is 0.609. The van der Waals surface area contributed by atoms with E-state index in [0.717, 1.165) is 205 Å². The van der Waals surface area contributed by atoms with Crippen LogP contribution in [-0.2, 0) is 65.4 Å². The molecule has 600 valence electrons. The van der Waals surface area contributed by atoms with Crippen LogP contribution in [0.4, 0.5) is 0 Å². The summed E-state index contributed by atoms with van der Waals surface area (Å²) in [7, 11) is -10.0. The molecule has 19 heteroatoms. The standard InChI is InChI=1S/C87H140O17P2/c1-5-9-13-17-21-25-29-33-37-39-40-42-45-48-52-56-60-64-68-72-85(90)98-78-83(104-87(92)74-70-66-62-58-54-50-46-41-38-34-30-26-22-18-14-10-6-2)80-102-106(95,96)100-76-81(88)75-99-105(93,94)101-79-82(103-86(91)73-69-65-61-57-53-49-44-36-32-28-24-20-16-12-8-4)77-97-84(89)71-67-63-59-55-51-47-43-35-31-27-23-19-15-11-7-3/h9-16,21-28,33-38,40,42-44,51,55,63,67,81-83,88H,5-8,17-20,29-32,39,41,45-50,52-54,56-62,64-66,68-80H2,1-4H3,(H,93,94)(H,95,96)/b13-9-,14-10-,15-11-,16-12-,25-21-,26-22-,27-23-,28-24-,37-33-,38-34-,42-40-,43-35-,44-36-,55-51-,67-63-. The lowest BCUT2D eigenvalue weighted by Gasteiger charge is -2.21. The minimum Gasteiger partial charge on any atom is -0.462 e. The fourth-order valence-corrected chi connectivity index (χ4v) is 11.5. The predicted octanol–water partition coefficient (Wildman–Crippen LogP) is 23.6. The van der Waals surface area contributed by atoms with Crippen molar-refractivity contribution in [3.05, 3.63) is 182 Å². The zero-order valence-electron chi connectivity index (χ0n) is 65.5. The fourth-order valence-electron chi connectivity index (χ4n) is 9.96. The maximum Gasteiger partial charge on any atom is 0.472 e. The van der Waals surface area contributed by atoms with Gasteiger partial charge in [-0.3, -0.25) is 37.3 Å². The van der Waals surface area contributed by atoms with Gasteiger partial charge < -0.3 is 33.8 Å². The summed E-state index contributed by atoms with van der Waals surface area (Å²) in [6.45, 7) is 4.25. The molecule has 0 amide bonds. The molecule has 0 aromatic heterocycles. The van der Waals surface area contributed by atoms with Crippen molar-refractivity contribution < 1.29 is 80.2 Å². The van der Waals surface area contributed by atoms with E-state index in [0.29, 0.717) is 25.7 Å². The Morgan fingerprint density at radius 2 is 0.500 bits per heavy atom. The molecule has 0 radical (unpaired) electrons. The zero-order valence-corrected chi connectivity index (χ0v) is 67.3. The molecule has 0 spiro atoms. The highest BCUT2D eigenvalue weighted by molar-refractivity contribution is 7.47. The normalized spacial score (nSPS) is 14.8. The van der Waals surface area contributed by atoms with Gasteiger partial charge in [0, 0.05) is 19.3 Å². The van der Waals surface area contributed by atoms with Crippen LogP contribution in [0.2, 0.25) is 0 Å². The number of phosphoric acid groups is 2. The van der Waals surface area contributed by atoms with Gasteiger partial charge >= 0.3 is 39.5 Å². The molecule has 0 fully saturated rings. The van der Waals surface area contributed by atoms with Crippen LogP contribution in [0.1, 0.15) is 285 Å². The molecule has 0 aliphatic rings. The van der Waals surface area contributed by atoms with Gasteiger partial charge in [0.2, 0.25) is 0 Å². The first kappa shape index (κ1) is 100. The Labute approximate surface area is 641 Å². The quantitative estimate of drug-likeness (QED) is 0.0169. The van der Waals surface area contributed by atoms with Crippen LogP contribution in [0.3, 0.4) is 0 Å². The molecule has 0 aromatic rings. The van der Waals surface area contributed by atoms with E-state index >= 15 is 0 Å². The van der Waals surface area contributed by atoms with Gasteiger partial charge in [-0.2, -0.15) is 0 Å². The van der Waals surface area contributed by atoms with Crippen LogP contribution in [0, 0.1) is 0 Å². The minimum atomic E-state index is -5.01. The van der Waals surface area contributed by atoms with Crippen molar-refractivity contribution in [2.75, 3.05) is 39.6 Å². The summed E-state index contributed by atoms with van der Waals surface area (Å²) in [5, 5.41) is 10.6. The van der Waals surface area contributed by atoms with E-state index in [1.807, 2.05) is 18.2 Å². The summed E-state index contributed by atoms with van der Waals surface area (Å²) in [4.78, 5) is 73.0. The average Bonchev–Trinajstić information content (AvgIpc) is 0.899. The Kier molecular flexibility index (Phi) is 73.1. The number of rotatable bonds is 73. The van der Waals surface area contributed by atoms with E-state index in [2.05, 4.69) is 186 Å². The maximum absolute atomic E-state index is 13.1. The number of aliphatic hydroxyl groups is 1. The number of unbranched alkanes of at least 4 members (excludes halogenated alkanes) is 18. The second-order valence-corrected chi connectivity index (χ2v) is 28.8. The number of aliphatic hydroxyl groups excluding tert-OH is 1. The molecule has 5 atom stereocenters. The smallest absolute Gasteiger partial charge is 0.462 e. The molecule has 3 N–H and O–H groups in total. The van der Waals surface area contributed by atoms with Crippen LogP contribution in [-0.4, -0.2) is 96.7 Å². The molecular weight excluding hydrogens is 1380 g/mol. The second kappa shape index (κ2) is 77.3. The first-order chi connectivity index (χ1) is 51.7. The van der Waals surface area contributed by atoms with Crippen molar-refractivity contribution >= 4 is 39.5 Å². The SMILES string of the molecule is CC/C=C\C/C=C\C/C=C\C/C=C\C/C=C\CC(=O)OCC(COP(=O)(O)OCC(O)COP(=O)(O)OCC(COC(=O)CCCCCCCC/C=C\C/C=C\C/C=C\C/C=C\CC)OC(=O)CCCCCCCCC/C=C\C/C=C\C/C=C\CC)OC(=O)CCCCCCC/C=C\C/C=C\C/C=C\CC. The Balaban J connectivity index is 5.48. The summed E-state index contributed by atoms with van der Waals surface area (Å²) < 4.78 is 68.5. The molecular formula is C87H140O17P2. The second-order valence-electron chi connectivity index (χ2n) is 25.8. The first-order valence-electron chi connectivity index (χ1n) is 40.0. The highest BCUT2D eigenvalue weighted by Crippen LogP contribution is 2.45. The number of carbonyl (C=O) groups excluding carboxylic acids is 4. The Morgan fingerprint density at radius 1 is 0.274 bits per heavy atom. The summed E-state index contributed by atoms with van der Waals surface area (Å²) in [5.41, 5.74) is 0. The van der Waals surface area contributed by atoms with Crippen LogP contribution < -0.4 is 0 Å². The van der Waals surface area contributed by atoms with Gasteiger partial charge in [0.25, 0.3) is 0 Å². The van der Waals surface area contributed by atoms with E-state index in [9.17, 15) is 43.2 Å². The molecule has 0 rings (SSSR count). The van der Waals surface area contributed by atoms with E-state index in [4.69, 9.17) is 37.0 Å². The number of carbonyl (C=O) groups is 4. The Hall–Kier alpha value is -5.84. The third-order valence-corrected chi connectivity index (χ3v) is 17.8. The Bertz CT molecular complexity index is 2730. The summed E-state index contributed by atoms with van der Waals surface area (Å²) >= 11 is 0. The largest absolute Gasteiger partial charge is 0.472 e. The number of hydrogen-bond acceptors (Lipinski definition) is 15. The van der Waals surface area contributed by atoms with E-state index in [1.165, 1.54) is 0 Å². The van der Waals surface area contributed by atoms with Gasteiger partial charge in [0.15, 0.2) is 12.2 Å². The van der Waals surface area contributed by atoms with Gasteiger partial charge in [0.05, 0.1) is 32.8 Å². The predicted molar refractivity (Wildman–Crippen MR) is 436 cm³/mol. The molecule has 106 heavy (non-hydrogen) atoms.